The molecule has 6 atom stereocenters. The lowest BCUT2D eigenvalue weighted by Gasteiger charge is -2.49. The molecule has 0 radical (unpaired) electrons. The average Bonchev–Trinajstić information content (AvgIpc) is 2.33. The molecule has 6 unspecified atom stereocenters. The summed E-state index contributed by atoms with van der Waals surface area (Å²) in [6, 6.07) is 0. The normalized spacial score (nSPS) is 58.6. The number of hydrogen-bond acceptors (Lipinski definition) is 1. The van der Waals surface area contributed by atoms with Crippen LogP contribution in [-0.4, -0.2) is 13.2 Å². The predicted octanol–water partition coefficient (Wildman–Crippen LogP) is 2.70. The maximum absolute atomic E-state index is 5.63. The lowest BCUT2D eigenvalue weighted by molar-refractivity contribution is -0.118. The summed E-state index contributed by atoms with van der Waals surface area (Å²) in [4.78, 5) is 0. The number of fused-ring (bicyclic) bond motifs is 1. The minimum absolute atomic E-state index is 0.637. The summed E-state index contributed by atoms with van der Waals surface area (Å²) in [5.41, 5.74) is 0. The van der Waals surface area contributed by atoms with Crippen molar-refractivity contribution in [3.8, 4) is 0 Å². The van der Waals surface area contributed by atoms with Crippen molar-refractivity contribution in [1.82, 2.24) is 0 Å². The van der Waals surface area contributed by atoms with Crippen molar-refractivity contribution in [3.05, 3.63) is 0 Å². The molecule has 3 aliphatic carbocycles. The van der Waals surface area contributed by atoms with Gasteiger partial charge < -0.3 is 4.74 Å². The fourth-order valence-corrected chi connectivity index (χ4v) is 4.48. The molecule has 1 nitrogen and oxygen atoms in total. The Morgan fingerprint density at radius 2 is 1.62 bits per heavy atom. The summed E-state index contributed by atoms with van der Waals surface area (Å²) < 4.78 is 5.63. The summed E-state index contributed by atoms with van der Waals surface area (Å²) in [6.07, 6.45) is 6.58. The summed E-state index contributed by atoms with van der Waals surface area (Å²) >= 11 is 0. The second-order valence-electron chi connectivity index (χ2n) is 5.61. The summed E-state index contributed by atoms with van der Waals surface area (Å²) in [5.74, 6) is 4.94. The van der Waals surface area contributed by atoms with E-state index in [1.54, 1.807) is 0 Å². The van der Waals surface area contributed by atoms with E-state index in [1.807, 2.05) is 7.11 Å². The Balaban J connectivity index is 1.83. The number of ether oxygens (including phenoxy) is 1. The maximum atomic E-state index is 5.63. The van der Waals surface area contributed by atoms with Gasteiger partial charge in [0, 0.05) is 7.11 Å². The highest BCUT2D eigenvalue weighted by Gasteiger charge is 2.56. The van der Waals surface area contributed by atoms with Crippen LogP contribution >= 0.6 is 0 Å². The Labute approximate surface area is 80.8 Å². The van der Waals surface area contributed by atoms with Crippen LogP contribution in [0.1, 0.15) is 32.6 Å². The van der Waals surface area contributed by atoms with Crippen molar-refractivity contribution in [2.75, 3.05) is 7.11 Å². The minimum atomic E-state index is 0.637. The zero-order valence-corrected chi connectivity index (χ0v) is 8.70. The van der Waals surface area contributed by atoms with Crippen LogP contribution in [0, 0.1) is 29.6 Å². The molecule has 0 spiro atoms. The van der Waals surface area contributed by atoms with Gasteiger partial charge in [0.1, 0.15) is 0 Å². The van der Waals surface area contributed by atoms with Gasteiger partial charge >= 0.3 is 0 Å². The molecular formula is C12H20O. The van der Waals surface area contributed by atoms with Crippen molar-refractivity contribution in [3.63, 3.8) is 0 Å². The van der Waals surface area contributed by atoms with E-state index in [0.717, 1.165) is 29.6 Å². The van der Waals surface area contributed by atoms with E-state index in [1.165, 1.54) is 25.7 Å². The number of methoxy groups -OCH3 is 1. The first kappa shape index (κ1) is 8.28. The average molecular weight is 180 g/mol. The zero-order chi connectivity index (χ0) is 9.00. The van der Waals surface area contributed by atoms with Crippen LogP contribution in [0.4, 0.5) is 0 Å². The highest BCUT2D eigenvalue weighted by Crippen LogP contribution is 2.60. The third-order valence-electron chi connectivity index (χ3n) is 4.84. The molecule has 0 aromatic heterocycles. The zero-order valence-electron chi connectivity index (χ0n) is 8.70. The fraction of sp³-hybridized carbons (Fsp3) is 1.00. The third-order valence-corrected chi connectivity index (χ3v) is 4.84. The lowest BCUT2D eigenvalue weighted by Crippen LogP contribution is -2.50. The van der Waals surface area contributed by atoms with Gasteiger partial charge in [0.2, 0.25) is 0 Å². The number of hydrogen-bond donors (Lipinski definition) is 0. The van der Waals surface area contributed by atoms with Crippen molar-refractivity contribution >= 4 is 0 Å². The first-order valence-electron chi connectivity index (χ1n) is 5.82. The Morgan fingerprint density at radius 3 is 2.38 bits per heavy atom. The summed E-state index contributed by atoms with van der Waals surface area (Å²) in [6.45, 7) is 2.43. The molecule has 0 heterocycles. The van der Waals surface area contributed by atoms with E-state index >= 15 is 0 Å². The van der Waals surface area contributed by atoms with Crippen LogP contribution in [0.15, 0.2) is 0 Å². The van der Waals surface area contributed by atoms with Crippen LogP contribution < -0.4 is 0 Å². The minimum Gasteiger partial charge on any atom is -0.381 e. The molecule has 0 aromatic rings. The molecule has 1 heteroatoms. The fourth-order valence-electron chi connectivity index (χ4n) is 4.48. The highest BCUT2D eigenvalue weighted by atomic mass is 16.5. The summed E-state index contributed by atoms with van der Waals surface area (Å²) in [7, 11) is 1.91. The molecule has 0 aromatic carbocycles. The van der Waals surface area contributed by atoms with Crippen molar-refractivity contribution < 1.29 is 4.74 Å². The molecule has 3 fully saturated rings. The Hall–Kier alpha value is -0.0400. The van der Waals surface area contributed by atoms with E-state index in [-0.39, 0.29) is 0 Å². The van der Waals surface area contributed by atoms with E-state index in [2.05, 4.69) is 6.92 Å². The molecule has 2 bridgehead atoms. The molecular weight excluding hydrogens is 160 g/mol. The van der Waals surface area contributed by atoms with Crippen molar-refractivity contribution in [1.29, 1.82) is 0 Å². The Morgan fingerprint density at radius 1 is 0.923 bits per heavy atom. The standard InChI is InChI=1S/C12H20O/c1-7-3-8-5-9-10(4-7)12(13-2)11(9)6-8/h7-12H,3-6H2,1-2H3. The number of rotatable bonds is 1. The quantitative estimate of drug-likeness (QED) is 0.603. The Kier molecular flexibility index (Phi) is 1.74. The SMILES string of the molecule is COC1C2CC(C)CC3CC2C1C3. The van der Waals surface area contributed by atoms with Crippen LogP contribution in [0.2, 0.25) is 0 Å². The molecule has 0 N–H and O–H groups in total. The van der Waals surface area contributed by atoms with E-state index in [4.69, 9.17) is 4.74 Å². The monoisotopic (exact) mass is 180 g/mol. The van der Waals surface area contributed by atoms with Gasteiger partial charge in [-0.25, -0.2) is 0 Å². The van der Waals surface area contributed by atoms with Gasteiger partial charge in [0.25, 0.3) is 0 Å². The van der Waals surface area contributed by atoms with Gasteiger partial charge in [-0.1, -0.05) is 6.92 Å². The van der Waals surface area contributed by atoms with Gasteiger partial charge in [-0.3, -0.25) is 0 Å². The molecule has 0 aliphatic heterocycles. The van der Waals surface area contributed by atoms with Crippen molar-refractivity contribution in [2.45, 2.75) is 38.7 Å². The van der Waals surface area contributed by atoms with E-state index in [0.29, 0.717) is 6.10 Å². The van der Waals surface area contributed by atoms with Gasteiger partial charge in [0.05, 0.1) is 6.10 Å². The van der Waals surface area contributed by atoms with Gasteiger partial charge in [0.15, 0.2) is 0 Å². The van der Waals surface area contributed by atoms with Crippen LogP contribution in [-0.2, 0) is 4.74 Å². The first-order valence-corrected chi connectivity index (χ1v) is 5.82. The molecule has 3 aliphatic rings. The molecule has 74 valence electrons. The van der Waals surface area contributed by atoms with E-state index < -0.39 is 0 Å². The first-order chi connectivity index (χ1) is 6.29. The van der Waals surface area contributed by atoms with Crippen molar-refractivity contribution in [2.24, 2.45) is 29.6 Å². The molecule has 3 rings (SSSR count). The smallest absolute Gasteiger partial charge is 0.0633 e. The highest BCUT2D eigenvalue weighted by molar-refractivity contribution is 5.06. The Bertz CT molecular complexity index is 207. The van der Waals surface area contributed by atoms with Crippen LogP contribution in [0.5, 0.6) is 0 Å². The van der Waals surface area contributed by atoms with Crippen LogP contribution in [0.25, 0.3) is 0 Å². The summed E-state index contributed by atoms with van der Waals surface area (Å²) in [5, 5.41) is 0. The third kappa shape index (κ3) is 1.03. The molecule has 3 saturated carbocycles. The second kappa shape index (κ2) is 2.73. The van der Waals surface area contributed by atoms with Gasteiger partial charge in [-0.05, 0) is 55.3 Å². The topological polar surface area (TPSA) is 9.23 Å². The van der Waals surface area contributed by atoms with Crippen LogP contribution in [0.3, 0.4) is 0 Å². The molecule has 0 saturated heterocycles. The van der Waals surface area contributed by atoms with Gasteiger partial charge in [-0.2, -0.15) is 0 Å². The lowest BCUT2D eigenvalue weighted by atomic mass is 9.61. The molecule has 0 amide bonds. The predicted molar refractivity (Wildman–Crippen MR) is 52.4 cm³/mol. The molecule has 13 heavy (non-hydrogen) atoms. The maximum Gasteiger partial charge on any atom is 0.0633 e. The van der Waals surface area contributed by atoms with E-state index in [9.17, 15) is 0 Å². The largest absolute Gasteiger partial charge is 0.381 e. The van der Waals surface area contributed by atoms with Gasteiger partial charge in [-0.15, -0.1) is 0 Å². The second-order valence-corrected chi connectivity index (χ2v) is 5.61.